The molecule has 2 aromatic carbocycles. The fraction of sp³-hybridized carbons (Fsp3) is 0.235. The lowest BCUT2D eigenvalue weighted by Gasteiger charge is -2.23. The van der Waals surface area contributed by atoms with Crippen LogP contribution in [-0.2, 0) is 0 Å². The molecular formula is C17H21N3O. The molecule has 2 aromatic rings. The summed E-state index contributed by atoms with van der Waals surface area (Å²) in [5.41, 5.74) is 11.6. The molecule has 0 aliphatic rings. The van der Waals surface area contributed by atoms with Gasteiger partial charge >= 0.3 is 0 Å². The fourth-order valence-corrected chi connectivity index (χ4v) is 2.40. The third-order valence-electron chi connectivity index (χ3n) is 3.47. The molecule has 4 heteroatoms. The van der Waals surface area contributed by atoms with Crippen molar-refractivity contribution >= 4 is 23.0 Å². The van der Waals surface area contributed by atoms with Gasteiger partial charge in [-0.2, -0.15) is 0 Å². The predicted octanol–water partition coefficient (Wildman–Crippen LogP) is 3.01. The van der Waals surface area contributed by atoms with Gasteiger partial charge in [-0.25, -0.2) is 0 Å². The van der Waals surface area contributed by atoms with Crippen LogP contribution in [0.5, 0.6) is 0 Å². The van der Waals surface area contributed by atoms with Gasteiger partial charge in [0.15, 0.2) is 0 Å². The molecule has 0 heterocycles. The number of benzene rings is 2. The third kappa shape index (κ3) is 3.16. The molecule has 0 saturated carbocycles. The highest BCUT2D eigenvalue weighted by Crippen LogP contribution is 2.31. The molecule has 3 N–H and O–H groups in total. The monoisotopic (exact) mass is 283 g/mol. The topological polar surface area (TPSA) is 58.4 Å². The molecule has 0 atom stereocenters. The van der Waals surface area contributed by atoms with Gasteiger partial charge in [-0.05, 0) is 55.3 Å². The zero-order valence-corrected chi connectivity index (χ0v) is 12.9. The van der Waals surface area contributed by atoms with Gasteiger partial charge in [0.25, 0.3) is 5.91 Å². The van der Waals surface area contributed by atoms with E-state index < -0.39 is 0 Å². The van der Waals surface area contributed by atoms with Crippen molar-refractivity contribution < 1.29 is 4.79 Å². The Labute approximate surface area is 125 Å². The zero-order chi connectivity index (χ0) is 15.6. The summed E-state index contributed by atoms with van der Waals surface area (Å²) in [5, 5.41) is 2.63. The Kier molecular flexibility index (Phi) is 4.17. The number of hydrogen-bond acceptors (Lipinski definition) is 3. The summed E-state index contributed by atoms with van der Waals surface area (Å²) in [4.78, 5) is 13.8. The molecule has 0 radical (unpaired) electrons. The first kappa shape index (κ1) is 14.9. The first-order valence-electron chi connectivity index (χ1n) is 6.86. The summed E-state index contributed by atoms with van der Waals surface area (Å²) in [7, 11) is 3.57. The van der Waals surface area contributed by atoms with E-state index in [4.69, 9.17) is 5.73 Å². The number of aryl methyl sites for hydroxylation is 2. The molecule has 110 valence electrons. The second kappa shape index (κ2) is 5.87. The van der Waals surface area contributed by atoms with Crippen LogP contribution in [0, 0.1) is 13.8 Å². The number of rotatable bonds is 3. The van der Waals surface area contributed by atoms with Crippen molar-refractivity contribution in [2.45, 2.75) is 13.8 Å². The van der Waals surface area contributed by atoms with Crippen LogP contribution in [0.2, 0.25) is 0 Å². The number of amides is 1. The van der Waals surface area contributed by atoms with Crippen molar-refractivity contribution in [2.24, 2.45) is 0 Å². The fourth-order valence-electron chi connectivity index (χ4n) is 2.40. The summed E-state index contributed by atoms with van der Waals surface area (Å²) in [6.07, 6.45) is 0. The van der Waals surface area contributed by atoms with E-state index in [-0.39, 0.29) is 5.91 Å². The number of carbonyl (C=O) groups excluding carboxylic acids is 1. The predicted molar refractivity (Wildman–Crippen MR) is 88.2 cm³/mol. The number of nitrogens with one attached hydrogen (secondary N) is 1. The minimum Gasteiger partial charge on any atom is -0.397 e. The van der Waals surface area contributed by atoms with Gasteiger partial charge in [-0.1, -0.05) is 6.07 Å². The van der Waals surface area contributed by atoms with Crippen LogP contribution < -0.4 is 16.0 Å². The Morgan fingerprint density at radius 3 is 2.29 bits per heavy atom. The normalized spacial score (nSPS) is 10.3. The highest BCUT2D eigenvalue weighted by Gasteiger charge is 2.12. The second-order valence-corrected chi connectivity index (χ2v) is 5.26. The maximum Gasteiger partial charge on any atom is 0.251 e. The molecule has 0 unspecified atom stereocenters. The largest absolute Gasteiger partial charge is 0.397 e. The molecule has 21 heavy (non-hydrogen) atoms. The summed E-state index contributed by atoms with van der Waals surface area (Å²) in [5.74, 6) is -0.120. The molecule has 0 aliphatic heterocycles. The van der Waals surface area contributed by atoms with Gasteiger partial charge in [0.2, 0.25) is 0 Å². The molecule has 0 fully saturated rings. The number of anilines is 3. The van der Waals surface area contributed by atoms with Crippen molar-refractivity contribution in [1.29, 1.82) is 0 Å². The summed E-state index contributed by atoms with van der Waals surface area (Å²) >= 11 is 0. The van der Waals surface area contributed by atoms with Gasteiger partial charge in [-0.3, -0.25) is 4.79 Å². The number of nitrogens with two attached hydrogens (primary N) is 1. The standard InChI is InChI=1S/C17H21N3O/c1-11-7-12(2)9-14(8-11)20(4)16-10-13(17(21)19-3)5-6-15(16)18/h5-10H,18H2,1-4H3,(H,19,21). The minimum atomic E-state index is -0.120. The van der Waals surface area contributed by atoms with Crippen molar-refractivity contribution in [2.75, 3.05) is 24.7 Å². The number of nitrogen functional groups attached to an aromatic ring is 1. The smallest absolute Gasteiger partial charge is 0.251 e. The van der Waals surface area contributed by atoms with Crippen molar-refractivity contribution in [3.63, 3.8) is 0 Å². The van der Waals surface area contributed by atoms with Crippen molar-refractivity contribution in [3.05, 3.63) is 53.1 Å². The SMILES string of the molecule is CNC(=O)c1ccc(N)c(N(C)c2cc(C)cc(C)c2)c1. The number of carbonyl (C=O) groups is 1. The molecule has 0 saturated heterocycles. The molecular weight excluding hydrogens is 262 g/mol. The molecule has 0 aromatic heterocycles. The van der Waals surface area contributed by atoms with Gasteiger partial charge in [0, 0.05) is 25.3 Å². The van der Waals surface area contributed by atoms with Crippen LogP contribution in [0.1, 0.15) is 21.5 Å². The van der Waals surface area contributed by atoms with E-state index in [0.717, 1.165) is 11.4 Å². The third-order valence-corrected chi connectivity index (χ3v) is 3.47. The maximum atomic E-state index is 11.8. The lowest BCUT2D eigenvalue weighted by atomic mass is 10.1. The van der Waals surface area contributed by atoms with E-state index in [1.807, 2.05) is 18.0 Å². The molecule has 1 amide bonds. The van der Waals surface area contributed by atoms with E-state index >= 15 is 0 Å². The lowest BCUT2D eigenvalue weighted by molar-refractivity contribution is 0.0963. The van der Waals surface area contributed by atoms with E-state index in [1.165, 1.54) is 11.1 Å². The van der Waals surface area contributed by atoms with Crippen LogP contribution in [0.4, 0.5) is 17.1 Å². The number of nitrogens with zero attached hydrogens (tertiary/aromatic N) is 1. The van der Waals surface area contributed by atoms with E-state index in [9.17, 15) is 4.79 Å². The van der Waals surface area contributed by atoms with Gasteiger partial charge in [-0.15, -0.1) is 0 Å². The highest BCUT2D eigenvalue weighted by molar-refractivity contribution is 5.96. The van der Waals surface area contributed by atoms with Crippen molar-refractivity contribution in [3.8, 4) is 0 Å². The maximum absolute atomic E-state index is 11.8. The summed E-state index contributed by atoms with van der Waals surface area (Å²) < 4.78 is 0. The Hall–Kier alpha value is -2.49. The van der Waals surface area contributed by atoms with E-state index in [1.54, 1.807) is 19.2 Å². The number of hydrogen-bond donors (Lipinski definition) is 2. The first-order valence-corrected chi connectivity index (χ1v) is 6.86. The highest BCUT2D eigenvalue weighted by atomic mass is 16.1. The average Bonchev–Trinajstić information content (AvgIpc) is 2.45. The second-order valence-electron chi connectivity index (χ2n) is 5.26. The average molecular weight is 283 g/mol. The summed E-state index contributed by atoms with van der Waals surface area (Å²) in [6.45, 7) is 4.13. The molecule has 0 spiro atoms. The van der Waals surface area contributed by atoms with E-state index in [0.29, 0.717) is 11.3 Å². The Balaban J connectivity index is 2.46. The van der Waals surface area contributed by atoms with Crippen molar-refractivity contribution in [1.82, 2.24) is 5.32 Å². The van der Waals surface area contributed by atoms with Crippen LogP contribution in [0.3, 0.4) is 0 Å². The van der Waals surface area contributed by atoms with Crippen LogP contribution in [0.15, 0.2) is 36.4 Å². The van der Waals surface area contributed by atoms with Crippen LogP contribution >= 0.6 is 0 Å². The van der Waals surface area contributed by atoms with Gasteiger partial charge in [0.05, 0.1) is 11.4 Å². The Morgan fingerprint density at radius 2 is 1.71 bits per heavy atom. The van der Waals surface area contributed by atoms with Gasteiger partial charge in [0.1, 0.15) is 0 Å². The zero-order valence-electron chi connectivity index (χ0n) is 12.9. The Bertz CT molecular complexity index is 659. The Morgan fingerprint density at radius 1 is 1.10 bits per heavy atom. The molecule has 2 rings (SSSR count). The molecule has 0 aliphatic carbocycles. The minimum absolute atomic E-state index is 0.120. The molecule has 0 bridgehead atoms. The quantitative estimate of drug-likeness (QED) is 0.851. The summed E-state index contributed by atoms with van der Waals surface area (Å²) in [6, 6.07) is 11.6. The lowest BCUT2D eigenvalue weighted by Crippen LogP contribution is -2.19. The molecule has 4 nitrogen and oxygen atoms in total. The van der Waals surface area contributed by atoms with Gasteiger partial charge < -0.3 is 16.0 Å². The van der Waals surface area contributed by atoms with E-state index in [2.05, 4.69) is 37.4 Å². The van der Waals surface area contributed by atoms with Crippen LogP contribution in [-0.4, -0.2) is 20.0 Å². The first-order chi connectivity index (χ1) is 9.92. The van der Waals surface area contributed by atoms with Crippen LogP contribution in [0.25, 0.3) is 0 Å².